The Morgan fingerprint density at radius 1 is 1.07 bits per heavy atom. The summed E-state index contributed by atoms with van der Waals surface area (Å²) in [7, 11) is 0. The second kappa shape index (κ2) is 8.24. The van der Waals surface area contributed by atoms with Gasteiger partial charge in [-0.1, -0.05) is 36.3 Å². The molecule has 29 heavy (non-hydrogen) atoms. The Morgan fingerprint density at radius 2 is 1.86 bits per heavy atom. The lowest BCUT2D eigenvalue weighted by atomic mass is 9.95. The highest BCUT2D eigenvalue weighted by molar-refractivity contribution is 5.95. The molecule has 1 aromatic heterocycles. The van der Waals surface area contributed by atoms with Crippen molar-refractivity contribution in [1.82, 2.24) is 9.88 Å². The zero-order chi connectivity index (χ0) is 20.2. The molecule has 2 heterocycles. The van der Waals surface area contributed by atoms with E-state index >= 15 is 0 Å². The number of para-hydroxylation sites is 1. The molecule has 1 aliphatic heterocycles. The van der Waals surface area contributed by atoms with E-state index in [0.29, 0.717) is 25.9 Å². The summed E-state index contributed by atoms with van der Waals surface area (Å²) < 4.78 is 0. The van der Waals surface area contributed by atoms with Crippen molar-refractivity contribution in [2.24, 2.45) is 5.92 Å². The maximum atomic E-state index is 12.7. The van der Waals surface area contributed by atoms with Crippen LogP contribution >= 0.6 is 0 Å². The van der Waals surface area contributed by atoms with Crippen LogP contribution in [-0.2, 0) is 9.59 Å². The van der Waals surface area contributed by atoms with Crippen LogP contribution in [0.5, 0.6) is 0 Å². The predicted octanol–water partition coefficient (Wildman–Crippen LogP) is 4.04. The molecule has 5 nitrogen and oxygen atoms in total. The molecule has 2 amide bonds. The largest absolute Gasteiger partial charge is 0.355 e. The Kier molecular flexibility index (Phi) is 5.35. The molecule has 0 radical (unpaired) electrons. The number of piperidine rings is 1. The number of nitrogens with zero attached hydrogens (tertiary/aromatic N) is 1. The molecule has 0 spiro atoms. The lowest BCUT2D eigenvalue weighted by Crippen LogP contribution is -2.41. The number of rotatable bonds is 3. The minimum Gasteiger partial charge on any atom is -0.355 e. The van der Waals surface area contributed by atoms with Crippen molar-refractivity contribution < 1.29 is 9.59 Å². The van der Waals surface area contributed by atoms with Gasteiger partial charge >= 0.3 is 0 Å². The number of hydrogen-bond acceptors (Lipinski definition) is 2. The number of aromatic nitrogens is 1. The Morgan fingerprint density at radius 3 is 2.62 bits per heavy atom. The zero-order valence-corrected chi connectivity index (χ0v) is 16.4. The topological polar surface area (TPSA) is 65.2 Å². The zero-order valence-electron chi connectivity index (χ0n) is 16.4. The summed E-state index contributed by atoms with van der Waals surface area (Å²) >= 11 is 0. The number of H-pyrrole nitrogens is 1. The highest BCUT2D eigenvalue weighted by Crippen LogP contribution is 2.27. The summed E-state index contributed by atoms with van der Waals surface area (Å²) in [6, 6.07) is 18.1. The van der Waals surface area contributed by atoms with E-state index < -0.39 is 0 Å². The number of carbonyl (C=O) groups excluding carboxylic acids is 2. The average molecular weight is 385 g/mol. The normalized spacial score (nSPS) is 14.3. The predicted molar refractivity (Wildman–Crippen MR) is 115 cm³/mol. The Balaban J connectivity index is 1.42. The lowest BCUT2D eigenvalue weighted by Gasteiger charge is -2.30. The highest BCUT2D eigenvalue weighted by Gasteiger charge is 2.26. The third-order valence-corrected chi connectivity index (χ3v) is 5.36. The molecular formula is C24H23N3O2. The number of nitrogens with one attached hydrogen (secondary N) is 2. The fourth-order valence-corrected chi connectivity index (χ4v) is 3.77. The van der Waals surface area contributed by atoms with Crippen LogP contribution in [0, 0.1) is 17.8 Å². The molecule has 2 aromatic carbocycles. The number of anilines is 1. The highest BCUT2D eigenvalue weighted by atomic mass is 16.2. The van der Waals surface area contributed by atoms with E-state index in [1.54, 1.807) is 11.8 Å². The molecule has 1 aliphatic rings. The van der Waals surface area contributed by atoms with E-state index in [1.165, 1.54) is 0 Å². The number of likely N-dealkylation sites (tertiary alicyclic amines) is 1. The van der Waals surface area contributed by atoms with Gasteiger partial charge in [0.25, 0.3) is 5.91 Å². The number of carbonyl (C=O) groups is 2. The molecule has 3 aromatic rings. The molecule has 0 aliphatic carbocycles. The molecule has 0 saturated carbocycles. The van der Waals surface area contributed by atoms with Gasteiger partial charge in [-0.2, -0.15) is 0 Å². The van der Waals surface area contributed by atoms with Gasteiger partial charge in [-0.25, -0.2) is 0 Å². The molecule has 0 unspecified atom stereocenters. The van der Waals surface area contributed by atoms with Crippen molar-refractivity contribution in [3.63, 3.8) is 0 Å². The van der Waals surface area contributed by atoms with Crippen molar-refractivity contribution in [2.45, 2.75) is 19.8 Å². The second-order valence-corrected chi connectivity index (χ2v) is 7.28. The van der Waals surface area contributed by atoms with Gasteiger partial charge in [0.15, 0.2) is 0 Å². The minimum absolute atomic E-state index is 0.00692. The van der Waals surface area contributed by atoms with Crippen LogP contribution < -0.4 is 5.32 Å². The first kappa shape index (κ1) is 18.8. The summed E-state index contributed by atoms with van der Waals surface area (Å²) in [5.41, 5.74) is 3.91. The Hall–Kier alpha value is -3.52. The van der Waals surface area contributed by atoms with Gasteiger partial charge in [0.05, 0.1) is 0 Å². The molecule has 0 atom stereocenters. The van der Waals surface area contributed by atoms with Gasteiger partial charge in [0, 0.05) is 46.9 Å². The van der Waals surface area contributed by atoms with Crippen molar-refractivity contribution in [1.29, 1.82) is 0 Å². The van der Waals surface area contributed by atoms with E-state index in [2.05, 4.69) is 34.3 Å². The molecule has 1 fully saturated rings. The Labute approximate surface area is 170 Å². The number of amides is 2. The first-order valence-corrected chi connectivity index (χ1v) is 9.85. The molecule has 4 rings (SSSR count). The lowest BCUT2D eigenvalue weighted by molar-refractivity contribution is -0.129. The van der Waals surface area contributed by atoms with E-state index in [1.807, 2.05) is 42.5 Å². The van der Waals surface area contributed by atoms with Gasteiger partial charge < -0.3 is 15.2 Å². The number of fused-ring (bicyclic) bond motifs is 1. The number of benzene rings is 2. The third-order valence-electron chi connectivity index (χ3n) is 5.36. The van der Waals surface area contributed by atoms with E-state index in [4.69, 9.17) is 0 Å². The fraction of sp³-hybridized carbons (Fsp3) is 0.250. The van der Waals surface area contributed by atoms with Gasteiger partial charge in [-0.3, -0.25) is 9.59 Å². The Bertz CT molecular complexity index is 1080. The van der Waals surface area contributed by atoms with Gasteiger partial charge in [0.2, 0.25) is 5.91 Å². The van der Waals surface area contributed by atoms with Crippen molar-refractivity contribution in [3.05, 3.63) is 54.6 Å². The van der Waals surface area contributed by atoms with Gasteiger partial charge in [-0.15, -0.1) is 0 Å². The van der Waals surface area contributed by atoms with Gasteiger partial charge in [0.1, 0.15) is 0 Å². The number of hydrogen-bond donors (Lipinski definition) is 2. The van der Waals surface area contributed by atoms with Crippen molar-refractivity contribution >= 4 is 28.4 Å². The first-order valence-electron chi connectivity index (χ1n) is 9.85. The van der Waals surface area contributed by atoms with Crippen LogP contribution in [0.4, 0.5) is 5.69 Å². The van der Waals surface area contributed by atoms with E-state index in [0.717, 1.165) is 27.8 Å². The maximum Gasteiger partial charge on any atom is 0.298 e. The van der Waals surface area contributed by atoms with Crippen LogP contribution in [0.2, 0.25) is 0 Å². The van der Waals surface area contributed by atoms with Crippen LogP contribution in [0.1, 0.15) is 19.8 Å². The molecule has 146 valence electrons. The summed E-state index contributed by atoms with van der Waals surface area (Å²) in [5.74, 6) is 4.96. The number of aromatic amines is 1. The fourth-order valence-electron chi connectivity index (χ4n) is 3.77. The molecule has 1 saturated heterocycles. The smallest absolute Gasteiger partial charge is 0.298 e. The summed E-state index contributed by atoms with van der Waals surface area (Å²) in [5, 5.41) is 4.20. The van der Waals surface area contributed by atoms with Crippen LogP contribution in [-0.4, -0.2) is 34.8 Å². The standard InChI is InChI=1S/C24H23N3O2/c1-2-6-23(28)27-13-11-17(12-14-27)24(29)25-20-9-5-8-18(15-20)22-16-19-7-3-4-10-21(19)26-22/h3-5,7-10,15-17,26H,11-14H2,1H3,(H,25,29). The summed E-state index contributed by atoms with van der Waals surface area (Å²) in [6.45, 7) is 2.80. The minimum atomic E-state index is -0.155. The molecule has 0 bridgehead atoms. The van der Waals surface area contributed by atoms with E-state index in [-0.39, 0.29) is 17.7 Å². The molecular weight excluding hydrogens is 362 g/mol. The third kappa shape index (κ3) is 4.17. The molecule has 2 N–H and O–H groups in total. The summed E-state index contributed by atoms with van der Waals surface area (Å²) in [6.07, 6.45) is 1.31. The second-order valence-electron chi connectivity index (χ2n) is 7.28. The average Bonchev–Trinajstić information content (AvgIpc) is 3.19. The summed E-state index contributed by atoms with van der Waals surface area (Å²) in [4.78, 5) is 29.7. The molecule has 5 heteroatoms. The first-order chi connectivity index (χ1) is 14.1. The maximum absolute atomic E-state index is 12.7. The van der Waals surface area contributed by atoms with Gasteiger partial charge in [-0.05, 0) is 50.0 Å². The SMILES string of the molecule is CC#CC(=O)N1CCC(C(=O)Nc2cccc(-c3cc4ccccc4[nH]3)c2)CC1. The van der Waals surface area contributed by atoms with Crippen molar-refractivity contribution in [3.8, 4) is 23.1 Å². The monoisotopic (exact) mass is 385 g/mol. The van der Waals surface area contributed by atoms with Crippen LogP contribution in [0.15, 0.2) is 54.6 Å². The van der Waals surface area contributed by atoms with Crippen LogP contribution in [0.25, 0.3) is 22.2 Å². The van der Waals surface area contributed by atoms with E-state index in [9.17, 15) is 9.59 Å². The van der Waals surface area contributed by atoms with Crippen LogP contribution in [0.3, 0.4) is 0 Å². The quantitative estimate of drug-likeness (QED) is 0.669. The van der Waals surface area contributed by atoms with Crippen molar-refractivity contribution in [2.75, 3.05) is 18.4 Å².